The highest BCUT2D eigenvalue weighted by atomic mass is 32.1. The summed E-state index contributed by atoms with van der Waals surface area (Å²) in [4.78, 5) is 0. The SMILES string of the molecule is CC1CCC(NCC(O)c2ccsc2)CC1. The van der Waals surface area contributed by atoms with Gasteiger partial charge in [0.05, 0.1) is 6.10 Å². The molecule has 1 saturated carbocycles. The molecule has 2 N–H and O–H groups in total. The highest BCUT2D eigenvalue weighted by Gasteiger charge is 2.18. The summed E-state index contributed by atoms with van der Waals surface area (Å²) in [6, 6.07) is 2.62. The summed E-state index contributed by atoms with van der Waals surface area (Å²) in [6.45, 7) is 3.02. The van der Waals surface area contributed by atoms with Crippen LogP contribution >= 0.6 is 11.3 Å². The van der Waals surface area contributed by atoms with Crippen molar-refractivity contribution in [3.8, 4) is 0 Å². The molecule has 1 unspecified atom stereocenters. The minimum absolute atomic E-state index is 0.342. The Bertz CT molecular complexity index is 291. The second-order valence-electron chi connectivity index (χ2n) is 4.94. The molecule has 0 aromatic carbocycles. The fourth-order valence-corrected chi connectivity index (χ4v) is 3.03. The molecule has 1 heterocycles. The summed E-state index contributed by atoms with van der Waals surface area (Å²) < 4.78 is 0. The molecule has 16 heavy (non-hydrogen) atoms. The van der Waals surface area contributed by atoms with Crippen LogP contribution in [0, 0.1) is 5.92 Å². The van der Waals surface area contributed by atoms with Crippen LogP contribution in [0.5, 0.6) is 0 Å². The molecule has 3 heteroatoms. The molecule has 0 amide bonds. The van der Waals surface area contributed by atoms with Crippen molar-refractivity contribution >= 4 is 11.3 Å². The van der Waals surface area contributed by atoms with Crippen LogP contribution < -0.4 is 5.32 Å². The van der Waals surface area contributed by atoms with Gasteiger partial charge in [-0.1, -0.05) is 6.92 Å². The molecule has 2 nitrogen and oxygen atoms in total. The molecular formula is C13H21NOS. The highest BCUT2D eigenvalue weighted by Crippen LogP contribution is 2.24. The maximum atomic E-state index is 9.94. The Morgan fingerprint density at radius 2 is 2.19 bits per heavy atom. The number of nitrogens with one attached hydrogen (secondary N) is 1. The summed E-state index contributed by atoms with van der Waals surface area (Å²) in [6.07, 6.45) is 4.83. The average Bonchev–Trinajstić information content (AvgIpc) is 2.81. The average molecular weight is 239 g/mol. The minimum Gasteiger partial charge on any atom is -0.387 e. The van der Waals surface area contributed by atoms with E-state index in [1.165, 1.54) is 25.7 Å². The van der Waals surface area contributed by atoms with Gasteiger partial charge in [-0.05, 0) is 54.0 Å². The fourth-order valence-electron chi connectivity index (χ4n) is 2.32. The first-order valence-electron chi connectivity index (χ1n) is 6.19. The van der Waals surface area contributed by atoms with Crippen LogP contribution in [0.15, 0.2) is 16.8 Å². The van der Waals surface area contributed by atoms with E-state index >= 15 is 0 Å². The van der Waals surface area contributed by atoms with Crippen molar-refractivity contribution < 1.29 is 5.11 Å². The van der Waals surface area contributed by atoms with Crippen molar-refractivity contribution in [1.29, 1.82) is 0 Å². The predicted octanol–water partition coefficient (Wildman–Crippen LogP) is 2.95. The zero-order valence-electron chi connectivity index (χ0n) is 9.86. The molecule has 0 bridgehead atoms. The van der Waals surface area contributed by atoms with E-state index < -0.39 is 0 Å². The lowest BCUT2D eigenvalue weighted by molar-refractivity contribution is 0.163. The van der Waals surface area contributed by atoms with E-state index in [9.17, 15) is 5.11 Å². The lowest BCUT2D eigenvalue weighted by Gasteiger charge is -2.27. The van der Waals surface area contributed by atoms with E-state index in [4.69, 9.17) is 0 Å². The summed E-state index contributed by atoms with van der Waals surface area (Å²) in [5.74, 6) is 0.889. The Hall–Kier alpha value is -0.380. The van der Waals surface area contributed by atoms with Crippen molar-refractivity contribution in [3.63, 3.8) is 0 Å². The molecule has 1 aromatic rings. The number of hydrogen-bond acceptors (Lipinski definition) is 3. The van der Waals surface area contributed by atoms with Crippen LogP contribution in [0.3, 0.4) is 0 Å². The number of aliphatic hydroxyl groups is 1. The largest absolute Gasteiger partial charge is 0.387 e. The first-order chi connectivity index (χ1) is 7.75. The summed E-state index contributed by atoms with van der Waals surface area (Å²) in [7, 11) is 0. The first kappa shape index (κ1) is 12.1. The van der Waals surface area contributed by atoms with Gasteiger partial charge in [-0.3, -0.25) is 0 Å². The van der Waals surface area contributed by atoms with Crippen molar-refractivity contribution in [2.24, 2.45) is 5.92 Å². The third-order valence-corrected chi connectivity index (χ3v) is 4.25. The molecule has 1 atom stereocenters. The third kappa shape index (κ3) is 3.30. The van der Waals surface area contributed by atoms with Gasteiger partial charge in [0.1, 0.15) is 0 Å². The Labute approximate surface area is 102 Å². The molecule has 1 fully saturated rings. The summed E-state index contributed by atoms with van der Waals surface area (Å²) >= 11 is 1.64. The monoisotopic (exact) mass is 239 g/mol. The van der Waals surface area contributed by atoms with Gasteiger partial charge in [0, 0.05) is 12.6 Å². The van der Waals surface area contributed by atoms with E-state index in [1.54, 1.807) is 11.3 Å². The van der Waals surface area contributed by atoms with Gasteiger partial charge in [-0.25, -0.2) is 0 Å². The van der Waals surface area contributed by atoms with Crippen LogP contribution in [0.25, 0.3) is 0 Å². The zero-order chi connectivity index (χ0) is 11.4. The second kappa shape index (κ2) is 5.80. The molecule has 1 aliphatic rings. The quantitative estimate of drug-likeness (QED) is 0.846. The maximum absolute atomic E-state index is 9.94. The second-order valence-corrected chi connectivity index (χ2v) is 5.72. The highest BCUT2D eigenvalue weighted by molar-refractivity contribution is 7.07. The lowest BCUT2D eigenvalue weighted by Crippen LogP contribution is -2.35. The minimum atomic E-state index is -0.342. The Morgan fingerprint density at radius 3 is 2.81 bits per heavy atom. The van der Waals surface area contributed by atoms with Crippen molar-refractivity contribution in [2.45, 2.75) is 44.8 Å². The van der Waals surface area contributed by atoms with E-state index in [0.717, 1.165) is 11.5 Å². The van der Waals surface area contributed by atoms with Crippen molar-refractivity contribution in [3.05, 3.63) is 22.4 Å². The molecule has 0 aliphatic heterocycles. The molecule has 90 valence electrons. The van der Waals surface area contributed by atoms with Gasteiger partial charge in [0.2, 0.25) is 0 Å². The summed E-state index contributed by atoms with van der Waals surface area (Å²) in [5.41, 5.74) is 1.04. The Balaban J connectivity index is 1.71. The van der Waals surface area contributed by atoms with E-state index in [2.05, 4.69) is 12.2 Å². The van der Waals surface area contributed by atoms with Crippen LogP contribution in [0.4, 0.5) is 0 Å². The van der Waals surface area contributed by atoms with E-state index in [1.807, 2.05) is 16.8 Å². The Kier molecular flexibility index (Phi) is 4.38. The molecule has 2 rings (SSSR count). The molecule has 0 spiro atoms. The van der Waals surface area contributed by atoms with Crippen LogP contribution in [0.2, 0.25) is 0 Å². The fraction of sp³-hybridized carbons (Fsp3) is 0.692. The normalized spacial score (nSPS) is 27.9. The molecule has 1 aromatic heterocycles. The van der Waals surface area contributed by atoms with Gasteiger partial charge in [-0.15, -0.1) is 0 Å². The smallest absolute Gasteiger partial charge is 0.0922 e. The van der Waals surface area contributed by atoms with Crippen LogP contribution in [-0.2, 0) is 0 Å². The molecule has 0 radical (unpaired) electrons. The van der Waals surface area contributed by atoms with Gasteiger partial charge in [0.15, 0.2) is 0 Å². The molecule has 0 saturated heterocycles. The van der Waals surface area contributed by atoms with Crippen molar-refractivity contribution in [2.75, 3.05) is 6.54 Å². The topological polar surface area (TPSA) is 32.3 Å². The predicted molar refractivity (Wildman–Crippen MR) is 68.7 cm³/mol. The van der Waals surface area contributed by atoms with Crippen molar-refractivity contribution in [1.82, 2.24) is 5.32 Å². The third-order valence-electron chi connectivity index (χ3n) is 3.54. The summed E-state index contributed by atoms with van der Waals surface area (Å²) in [5, 5.41) is 17.5. The Morgan fingerprint density at radius 1 is 1.44 bits per heavy atom. The van der Waals surface area contributed by atoms with E-state index in [0.29, 0.717) is 12.6 Å². The molecular weight excluding hydrogens is 218 g/mol. The number of thiophene rings is 1. The van der Waals surface area contributed by atoms with E-state index in [-0.39, 0.29) is 6.10 Å². The van der Waals surface area contributed by atoms with Crippen LogP contribution in [-0.4, -0.2) is 17.7 Å². The molecule has 1 aliphatic carbocycles. The standard InChI is InChI=1S/C13H21NOS/c1-10-2-4-12(5-3-10)14-8-13(15)11-6-7-16-9-11/h6-7,9-10,12-15H,2-5,8H2,1H3. The number of rotatable bonds is 4. The van der Waals surface area contributed by atoms with Gasteiger partial charge >= 0.3 is 0 Å². The van der Waals surface area contributed by atoms with Gasteiger partial charge in [0.25, 0.3) is 0 Å². The zero-order valence-corrected chi connectivity index (χ0v) is 10.7. The number of aliphatic hydroxyl groups excluding tert-OH is 1. The first-order valence-corrected chi connectivity index (χ1v) is 7.13. The van der Waals surface area contributed by atoms with Gasteiger partial charge in [-0.2, -0.15) is 11.3 Å². The van der Waals surface area contributed by atoms with Gasteiger partial charge < -0.3 is 10.4 Å². The maximum Gasteiger partial charge on any atom is 0.0922 e. The lowest BCUT2D eigenvalue weighted by atomic mass is 9.87. The number of hydrogen-bond donors (Lipinski definition) is 2. The van der Waals surface area contributed by atoms with Crippen LogP contribution in [0.1, 0.15) is 44.3 Å².